The Kier molecular flexibility index (Phi) is 3.72. The minimum Gasteiger partial charge on any atom is -0.378 e. The summed E-state index contributed by atoms with van der Waals surface area (Å²) in [7, 11) is 4.02. The zero-order valence-corrected chi connectivity index (χ0v) is 11.8. The van der Waals surface area contributed by atoms with Crippen LogP contribution in [0.3, 0.4) is 0 Å². The van der Waals surface area contributed by atoms with Crippen LogP contribution in [-0.4, -0.2) is 31.9 Å². The summed E-state index contributed by atoms with van der Waals surface area (Å²) in [6, 6.07) is 8.13. The lowest BCUT2D eigenvalue weighted by Gasteiger charge is -2.18. The van der Waals surface area contributed by atoms with Crippen LogP contribution in [-0.2, 0) is 4.79 Å². The van der Waals surface area contributed by atoms with Gasteiger partial charge in [-0.05, 0) is 30.2 Å². The number of carbonyl (C=O) groups is 1. The molecule has 1 fully saturated rings. The Morgan fingerprint density at radius 2 is 2.00 bits per heavy atom. The van der Waals surface area contributed by atoms with E-state index in [1.807, 2.05) is 43.3 Å². The fourth-order valence-electron chi connectivity index (χ4n) is 2.07. The fraction of sp³-hybridized carbons (Fsp3) is 0.462. The van der Waals surface area contributed by atoms with Crippen LogP contribution in [0.15, 0.2) is 24.3 Å². The van der Waals surface area contributed by atoms with E-state index in [-0.39, 0.29) is 5.91 Å². The number of rotatable bonds is 3. The van der Waals surface area contributed by atoms with Crippen molar-refractivity contribution in [1.82, 2.24) is 0 Å². The quantitative estimate of drug-likeness (QED) is 0.800. The number of anilines is 2. The van der Waals surface area contributed by atoms with Crippen molar-refractivity contribution in [2.75, 3.05) is 35.8 Å². The fourth-order valence-corrected chi connectivity index (χ4v) is 2.50. The Balaban J connectivity index is 2.15. The minimum absolute atomic E-state index is 0.229. The summed E-state index contributed by atoms with van der Waals surface area (Å²) in [6.45, 7) is 0.825. The summed E-state index contributed by atoms with van der Waals surface area (Å²) in [5, 5.41) is 0.894. The van der Waals surface area contributed by atoms with Gasteiger partial charge in [0, 0.05) is 43.8 Å². The lowest BCUT2D eigenvalue weighted by atomic mass is 10.2. The molecule has 1 heterocycles. The average molecular weight is 297 g/mol. The molecule has 4 heteroatoms. The van der Waals surface area contributed by atoms with Crippen molar-refractivity contribution in [3.8, 4) is 0 Å². The molecule has 1 atom stereocenters. The maximum Gasteiger partial charge on any atom is 0.227 e. The van der Waals surface area contributed by atoms with E-state index in [1.54, 1.807) is 0 Å². The number of hydrogen-bond donors (Lipinski definition) is 0. The Hall–Kier alpha value is -1.03. The predicted molar refractivity (Wildman–Crippen MR) is 75.0 cm³/mol. The summed E-state index contributed by atoms with van der Waals surface area (Å²) in [5.74, 6) is 0.670. The molecule has 3 nitrogen and oxygen atoms in total. The van der Waals surface area contributed by atoms with Crippen molar-refractivity contribution in [2.45, 2.75) is 6.42 Å². The van der Waals surface area contributed by atoms with Crippen LogP contribution in [0.5, 0.6) is 0 Å². The van der Waals surface area contributed by atoms with E-state index in [0.29, 0.717) is 12.3 Å². The van der Waals surface area contributed by atoms with Crippen molar-refractivity contribution < 1.29 is 4.79 Å². The first-order valence-corrected chi connectivity index (χ1v) is 6.87. The second kappa shape index (κ2) is 5.08. The molecule has 0 N–H and O–H groups in total. The zero-order valence-electron chi connectivity index (χ0n) is 10.2. The minimum atomic E-state index is 0.229. The van der Waals surface area contributed by atoms with Crippen LogP contribution < -0.4 is 9.80 Å². The standard InChI is InChI=1S/C13H17BrN2O/c1-15(2)11-3-5-12(6-4-11)16-9-10(8-14)7-13(16)17/h3-6,10H,7-9H2,1-2H3. The Morgan fingerprint density at radius 3 is 2.47 bits per heavy atom. The number of hydrogen-bond acceptors (Lipinski definition) is 2. The Morgan fingerprint density at radius 1 is 1.35 bits per heavy atom. The molecule has 1 aliphatic heterocycles. The maximum atomic E-state index is 11.9. The maximum absolute atomic E-state index is 11.9. The molecular formula is C13H17BrN2O. The van der Waals surface area contributed by atoms with Crippen molar-refractivity contribution in [3.63, 3.8) is 0 Å². The normalized spacial score (nSPS) is 19.8. The van der Waals surface area contributed by atoms with Crippen LogP contribution in [0.2, 0.25) is 0 Å². The summed E-state index contributed by atoms with van der Waals surface area (Å²) in [4.78, 5) is 15.8. The molecule has 1 aliphatic rings. The molecule has 17 heavy (non-hydrogen) atoms. The van der Waals surface area contributed by atoms with Gasteiger partial charge in [0.1, 0.15) is 0 Å². The van der Waals surface area contributed by atoms with Gasteiger partial charge >= 0.3 is 0 Å². The summed E-state index contributed by atoms with van der Waals surface area (Å²) >= 11 is 3.45. The molecule has 1 unspecified atom stereocenters. The number of carbonyl (C=O) groups excluding carboxylic acids is 1. The number of nitrogens with zero attached hydrogens (tertiary/aromatic N) is 2. The molecule has 1 saturated heterocycles. The molecule has 1 amide bonds. The van der Waals surface area contributed by atoms with Gasteiger partial charge in [-0.15, -0.1) is 0 Å². The zero-order chi connectivity index (χ0) is 12.4. The molecular weight excluding hydrogens is 280 g/mol. The predicted octanol–water partition coefficient (Wildman–Crippen LogP) is 2.50. The molecule has 0 aliphatic carbocycles. The van der Waals surface area contributed by atoms with Gasteiger partial charge in [-0.1, -0.05) is 15.9 Å². The SMILES string of the molecule is CN(C)c1ccc(N2CC(CBr)CC2=O)cc1. The number of halogens is 1. The first kappa shape index (κ1) is 12.4. The van der Waals surface area contributed by atoms with Gasteiger partial charge in [-0.2, -0.15) is 0 Å². The van der Waals surface area contributed by atoms with E-state index in [4.69, 9.17) is 0 Å². The van der Waals surface area contributed by atoms with Crippen molar-refractivity contribution in [1.29, 1.82) is 0 Å². The molecule has 92 valence electrons. The highest BCUT2D eigenvalue weighted by Crippen LogP contribution is 2.27. The van der Waals surface area contributed by atoms with Crippen LogP contribution >= 0.6 is 15.9 Å². The second-order valence-corrected chi connectivity index (χ2v) is 5.29. The highest BCUT2D eigenvalue weighted by atomic mass is 79.9. The van der Waals surface area contributed by atoms with Gasteiger partial charge in [0.15, 0.2) is 0 Å². The van der Waals surface area contributed by atoms with Crippen LogP contribution in [0.25, 0.3) is 0 Å². The van der Waals surface area contributed by atoms with E-state index >= 15 is 0 Å². The van der Waals surface area contributed by atoms with E-state index < -0.39 is 0 Å². The first-order chi connectivity index (χ1) is 8.11. The van der Waals surface area contributed by atoms with Crippen molar-refractivity contribution >= 4 is 33.2 Å². The van der Waals surface area contributed by atoms with Gasteiger partial charge < -0.3 is 9.80 Å². The third-order valence-corrected chi connectivity index (χ3v) is 4.02. The van der Waals surface area contributed by atoms with Crippen molar-refractivity contribution in [2.24, 2.45) is 5.92 Å². The van der Waals surface area contributed by atoms with Crippen LogP contribution in [0.1, 0.15) is 6.42 Å². The van der Waals surface area contributed by atoms with E-state index in [2.05, 4.69) is 20.8 Å². The molecule has 0 spiro atoms. The lowest BCUT2D eigenvalue weighted by Crippen LogP contribution is -2.24. The molecule has 0 saturated carbocycles. The van der Waals surface area contributed by atoms with Crippen molar-refractivity contribution in [3.05, 3.63) is 24.3 Å². The molecule has 0 radical (unpaired) electrons. The molecule has 1 aromatic rings. The van der Waals surface area contributed by atoms with Gasteiger partial charge in [0.25, 0.3) is 0 Å². The summed E-state index contributed by atoms with van der Waals surface area (Å²) < 4.78 is 0. The third kappa shape index (κ3) is 2.63. The highest BCUT2D eigenvalue weighted by molar-refractivity contribution is 9.09. The van der Waals surface area contributed by atoms with Crippen LogP contribution in [0, 0.1) is 5.92 Å². The third-order valence-electron chi connectivity index (χ3n) is 3.10. The molecule has 2 rings (SSSR count). The number of amides is 1. The summed E-state index contributed by atoms with van der Waals surface area (Å²) in [5.41, 5.74) is 2.15. The number of benzene rings is 1. The topological polar surface area (TPSA) is 23.6 Å². The first-order valence-electron chi connectivity index (χ1n) is 5.75. The average Bonchev–Trinajstić information content (AvgIpc) is 2.71. The van der Waals surface area contributed by atoms with Gasteiger partial charge in [0.2, 0.25) is 5.91 Å². The smallest absolute Gasteiger partial charge is 0.227 e. The van der Waals surface area contributed by atoms with E-state index in [0.717, 1.165) is 23.2 Å². The van der Waals surface area contributed by atoms with Crippen LogP contribution in [0.4, 0.5) is 11.4 Å². The molecule has 1 aromatic carbocycles. The van der Waals surface area contributed by atoms with Gasteiger partial charge in [-0.3, -0.25) is 4.79 Å². The van der Waals surface area contributed by atoms with E-state index in [9.17, 15) is 4.79 Å². The molecule has 0 bridgehead atoms. The Bertz CT molecular complexity index is 402. The second-order valence-electron chi connectivity index (χ2n) is 4.64. The Labute approximate surface area is 111 Å². The summed E-state index contributed by atoms with van der Waals surface area (Å²) in [6.07, 6.45) is 0.653. The van der Waals surface area contributed by atoms with Gasteiger partial charge in [-0.25, -0.2) is 0 Å². The molecule has 0 aromatic heterocycles. The monoisotopic (exact) mass is 296 g/mol. The highest BCUT2D eigenvalue weighted by Gasteiger charge is 2.29. The van der Waals surface area contributed by atoms with Gasteiger partial charge in [0.05, 0.1) is 0 Å². The largest absolute Gasteiger partial charge is 0.378 e. The lowest BCUT2D eigenvalue weighted by molar-refractivity contribution is -0.117. The van der Waals surface area contributed by atoms with E-state index in [1.165, 1.54) is 0 Å². The number of alkyl halides is 1.